The van der Waals surface area contributed by atoms with E-state index in [0.29, 0.717) is 26.4 Å². The van der Waals surface area contributed by atoms with E-state index in [2.05, 4.69) is 12.1 Å². The van der Waals surface area contributed by atoms with Crippen LogP contribution in [-0.4, -0.2) is 9.49 Å². The van der Waals surface area contributed by atoms with Gasteiger partial charge < -0.3 is 4.42 Å². The summed E-state index contributed by atoms with van der Waals surface area (Å²) in [6.07, 6.45) is 3.22. The van der Waals surface area contributed by atoms with Gasteiger partial charge in [0.05, 0.1) is 26.2 Å². The lowest BCUT2D eigenvalue weighted by Gasteiger charge is -2.30. The minimum absolute atomic E-state index is 0.118. The molecule has 2 aromatic heterocycles. The molecule has 0 fully saturated rings. The van der Waals surface area contributed by atoms with Crippen LogP contribution in [0.4, 0.5) is 10.1 Å². The predicted octanol–water partition coefficient (Wildman–Crippen LogP) is 6.28. The summed E-state index contributed by atoms with van der Waals surface area (Å²) in [5.41, 5.74) is 5.13. The number of rotatable bonds is 4. The molecule has 0 unspecified atom stereocenters. The molecule has 1 aliphatic carbocycles. The van der Waals surface area contributed by atoms with E-state index in [1.54, 1.807) is 34.9 Å². The zero-order chi connectivity index (χ0) is 28.2. The lowest BCUT2D eigenvalue weighted by molar-refractivity contribution is -0.384. The summed E-state index contributed by atoms with van der Waals surface area (Å²) < 4.78 is 22.0. The second-order valence-corrected chi connectivity index (χ2v) is 11.2. The molecule has 5 aromatic rings. The first-order valence-electron chi connectivity index (χ1n) is 12.8. The molecular weight excluding hydrogens is 565 g/mol. The van der Waals surface area contributed by atoms with E-state index in [9.17, 15) is 19.3 Å². The number of hydrogen-bond donors (Lipinski definition) is 0. The van der Waals surface area contributed by atoms with Crippen LogP contribution in [0.5, 0.6) is 0 Å². The fourth-order valence-electron chi connectivity index (χ4n) is 5.49. The Morgan fingerprint density at radius 3 is 2.63 bits per heavy atom. The van der Waals surface area contributed by atoms with Crippen LogP contribution in [0.2, 0.25) is 5.02 Å². The molecular formula is C31H19ClFN3O4S. The van der Waals surface area contributed by atoms with Crippen molar-refractivity contribution >= 4 is 40.4 Å². The number of thiazole rings is 1. The number of allylic oxidation sites excluding steroid dienone is 1. The van der Waals surface area contributed by atoms with Crippen LogP contribution < -0.4 is 14.9 Å². The summed E-state index contributed by atoms with van der Waals surface area (Å²) in [7, 11) is 0. The van der Waals surface area contributed by atoms with E-state index in [-0.39, 0.29) is 22.1 Å². The summed E-state index contributed by atoms with van der Waals surface area (Å²) >= 11 is 7.55. The monoisotopic (exact) mass is 583 g/mol. The number of benzene rings is 3. The summed E-state index contributed by atoms with van der Waals surface area (Å²) in [6, 6.07) is 21.6. The van der Waals surface area contributed by atoms with Crippen molar-refractivity contribution < 1.29 is 13.7 Å². The molecule has 0 spiro atoms. The molecule has 1 atom stereocenters. The Kier molecular flexibility index (Phi) is 6.06. The number of aromatic nitrogens is 1. The van der Waals surface area contributed by atoms with Gasteiger partial charge in [0.15, 0.2) is 4.80 Å². The topological polar surface area (TPSA) is 90.6 Å². The number of nitro groups is 1. The third-order valence-electron chi connectivity index (χ3n) is 7.39. The van der Waals surface area contributed by atoms with Crippen molar-refractivity contribution in [2.45, 2.75) is 18.9 Å². The molecule has 0 saturated carbocycles. The zero-order valence-electron chi connectivity index (χ0n) is 21.2. The summed E-state index contributed by atoms with van der Waals surface area (Å²) in [5.74, 6) is 0.499. The molecule has 10 heteroatoms. The molecule has 0 N–H and O–H groups in total. The Hall–Kier alpha value is -4.60. The average molecular weight is 584 g/mol. The smallest absolute Gasteiger partial charge is 0.271 e. The average Bonchev–Trinajstić information content (AvgIpc) is 3.56. The fourth-order valence-corrected chi connectivity index (χ4v) is 6.74. The number of non-ortho nitro benzene ring substituents is 1. The van der Waals surface area contributed by atoms with Gasteiger partial charge in [0.2, 0.25) is 0 Å². The highest BCUT2D eigenvalue weighted by Crippen LogP contribution is 2.41. The number of hydrogen-bond acceptors (Lipinski definition) is 6. The van der Waals surface area contributed by atoms with Gasteiger partial charge in [-0.2, -0.15) is 0 Å². The first kappa shape index (κ1) is 25.4. The van der Waals surface area contributed by atoms with Gasteiger partial charge in [-0.1, -0.05) is 59.3 Å². The number of nitrogens with zero attached hydrogens (tertiary/aromatic N) is 3. The quantitative estimate of drug-likeness (QED) is 0.184. The highest BCUT2D eigenvalue weighted by Gasteiger charge is 2.32. The molecule has 0 bridgehead atoms. The Morgan fingerprint density at radius 1 is 1.05 bits per heavy atom. The molecule has 202 valence electrons. The molecule has 7 nitrogen and oxygen atoms in total. The number of nitro benzene ring substituents is 1. The molecule has 41 heavy (non-hydrogen) atoms. The van der Waals surface area contributed by atoms with Gasteiger partial charge in [-0.05, 0) is 59.9 Å². The van der Waals surface area contributed by atoms with Crippen molar-refractivity contribution in [1.82, 2.24) is 4.57 Å². The number of aryl methyl sites for hydroxylation is 1. The third kappa shape index (κ3) is 4.34. The first-order valence-corrected chi connectivity index (χ1v) is 14.0. The Morgan fingerprint density at radius 2 is 1.85 bits per heavy atom. The van der Waals surface area contributed by atoms with Crippen LogP contribution in [0.1, 0.15) is 34.9 Å². The minimum Gasteiger partial charge on any atom is -0.457 e. The molecule has 0 radical (unpaired) electrons. The van der Waals surface area contributed by atoms with Crippen molar-refractivity contribution in [3.8, 4) is 11.3 Å². The summed E-state index contributed by atoms with van der Waals surface area (Å²) in [6.45, 7) is 0. The van der Waals surface area contributed by atoms with Gasteiger partial charge in [-0.25, -0.2) is 9.38 Å². The number of fused-ring (bicyclic) bond motifs is 3. The maximum Gasteiger partial charge on any atom is 0.271 e. The van der Waals surface area contributed by atoms with Gasteiger partial charge in [-0.15, -0.1) is 0 Å². The maximum absolute atomic E-state index is 13.9. The summed E-state index contributed by atoms with van der Waals surface area (Å²) in [5, 5.41) is 11.2. The van der Waals surface area contributed by atoms with Gasteiger partial charge in [0.1, 0.15) is 17.3 Å². The van der Waals surface area contributed by atoms with Crippen LogP contribution in [0.15, 0.2) is 98.6 Å². The largest absolute Gasteiger partial charge is 0.457 e. The molecule has 1 aliphatic heterocycles. The zero-order valence-corrected chi connectivity index (χ0v) is 22.8. The minimum atomic E-state index is -0.515. The molecule has 3 heterocycles. The van der Waals surface area contributed by atoms with Crippen molar-refractivity contribution in [3.63, 3.8) is 0 Å². The SMILES string of the molecule is O=c1/c(=C\c2ccc(-c3ccc([N+](=O)[O-])cc3Cl)o2)sc2n1[C@H](c1ccc(F)cc1)C1=C(N=2)c2ccccc2CC1. The van der Waals surface area contributed by atoms with Gasteiger partial charge >= 0.3 is 0 Å². The number of halogens is 2. The van der Waals surface area contributed by atoms with E-state index < -0.39 is 11.0 Å². The van der Waals surface area contributed by atoms with Crippen molar-refractivity contribution in [3.05, 3.63) is 148 Å². The lowest BCUT2D eigenvalue weighted by Crippen LogP contribution is -2.38. The van der Waals surface area contributed by atoms with E-state index in [1.807, 2.05) is 12.1 Å². The maximum atomic E-state index is 13.9. The Bertz CT molecular complexity index is 2090. The fraction of sp³-hybridized carbons (Fsp3) is 0.0968. The standard InChI is InChI=1S/C31H19ClFN3O4S/c32-25-15-20(36(38)39)10-13-23(25)26-14-11-21(40-26)16-27-30(37)35-29(18-5-8-19(33)9-6-18)24-12-7-17-3-1-2-4-22(17)28(24)34-31(35)41-27/h1-6,8-11,13-16,29H,7,12H2/b27-16+/t29-/m1/s1. The highest BCUT2D eigenvalue weighted by molar-refractivity contribution is 7.07. The molecule has 3 aromatic carbocycles. The summed E-state index contributed by atoms with van der Waals surface area (Å²) in [4.78, 5) is 29.9. The molecule has 0 saturated heterocycles. The van der Waals surface area contributed by atoms with Crippen LogP contribution in [0, 0.1) is 15.9 Å². The van der Waals surface area contributed by atoms with Crippen molar-refractivity contribution in [2.24, 2.45) is 4.99 Å². The van der Waals surface area contributed by atoms with Crippen molar-refractivity contribution in [2.75, 3.05) is 0 Å². The third-order valence-corrected chi connectivity index (χ3v) is 8.68. The van der Waals surface area contributed by atoms with Crippen molar-refractivity contribution in [1.29, 1.82) is 0 Å². The van der Waals surface area contributed by atoms with E-state index in [4.69, 9.17) is 21.0 Å². The van der Waals surface area contributed by atoms with E-state index in [1.165, 1.54) is 47.2 Å². The lowest BCUT2D eigenvalue weighted by atomic mass is 9.83. The second kappa shape index (κ2) is 9.79. The first-order chi connectivity index (χ1) is 19.9. The Balaban J connectivity index is 1.36. The predicted molar refractivity (Wildman–Crippen MR) is 155 cm³/mol. The van der Waals surface area contributed by atoms with Gasteiger partial charge in [0, 0.05) is 29.3 Å². The van der Waals surface area contributed by atoms with Crippen LogP contribution in [0.25, 0.3) is 23.1 Å². The van der Waals surface area contributed by atoms with E-state index in [0.717, 1.165) is 35.2 Å². The van der Waals surface area contributed by atoms with Crippen LogP contribution in [-0.2, 0) is 6.42 Å². The normalized spacial score (nSPS) is 16.1. The van der Waals surface area contributed by atoms with Gasteiger partial charge in [0.25, 0.3) is 11.2 Å². The van der Waals surface area contributed by atoms with Crippen LogP contribution in [0.3, 0.4) is 0 Å². The Labute approximate surface area is 241 Å². The molecule has 2 aliphatic rings. The number of furan rings is 1. The molecule has 7 rings (SSSR count). The highest BCUT2D eigenvalue weighted by atomic mass is 35.5. The van der Waals surface area contributed by atoms with Crippen LogP contribution >= 0.6 is 22.9 Å². The molecule has 0 amide bonds. The van der Waals surface area contributed by atoms with Gasteiger partial charge in [-0.3, -0.25) is 19.5 Å². The second-order valence-electron chi connectivity index (χ2n) is 9.79. The van der Waals surface area contributed by atoms with E-state index >= 15 is 0 Å².